The van der Waals surface area contributed by atoms with Gasteiger partial charge >= 0.3 is 0 Å². The summed E-state index contributed by atoms with van der Waals surface area (Å²) in [4.78, 5) is 0. The average Bonchev–Trinajstić information content (AvgIpc) is 2.65. The molecule has 0 heterocycles. The molecule has 2 rings (SSSR count). The van der Waals surface area contributed by atoms with Crippen LogP contribution in [-0.4, -0.2) is 29.9 Å². The monoisotopic (exact) mass is 285 g/mol. The van der Waals surface area contributed by atoms with E-state index in [2.05, 4.69) is 0 Å². The molecule has 2 unspecified atom stereocenters. The molecule has 4 nitrogen and oxygen atoms in total. The SMILES string of the molecule is [2H]C([2H])(C#C)N(C1c2ccccc2CC1F)S(=O)(=O)[O-].[CH3+]. The molecule has 1 aromatic carbocycles. The Bertz CT molecular complexity index is 672. The van der Waals surface area contributed by atoms with Crippen molar-refractivity contribution in [1.29, 1.82) is 0 Å². The Balaban J connectivity index is 0.00000220. The van der Waals surface area contributed by atoms with Gasteiger partial charge in [-0.2, -0.15) is 4.31 Å². The lowest BCUT2D eigenvalue weighted by atomic mass is 10.1. The van der Waals surface area contributed by atoms with Gasteiger partial charge in [0, 0.05) is 13.8 Å². The van der Waals surface area contributed by atoms with Crippen molar-refractivity contribution < 1.29 is 20.1 Å². The topological polar surface area (TPSA) is 60.4 Å². The van der Waals surface area contributed by atoms with Gasteiger partial charge in [-0.15, -0.1) is 6.42 Å². The molecule has 2 atom stereocenters. The largest absolute Gasteiger partial charge is 0.735 e. The molecule has 0 aromatic heterocycles. The first-order valence-electron chi connectivity index (χ1n) is 6.13. The maximum Gasteiger partial charge on any atom is 0.163 e. The van der Waals surface area contributed by atoms with Gasteiger partial charge in [-0.05, 0) is 11.1 Å². The zero-order valence-electron chi connectivity index (χ0n) is 12.2. The zero-order chi connectivity index (χ0) is 15.1. The van der Waals surface area contributed by atoms with Crippen LogP contribution in [0.5, 0.6) is 0 Å². The standard InChI is InChI=1S/C12H12FNO3S.CH3/c1-2-7-14(18(15,16)17)12-10-6-4-3-5-9(10)8-11(12)13;/h1,3-6,11-12H,7-8H2,(H,15,16,17);1H3/q;+1/p-1/i7D2;. The minimum absolute atomic E-state index is 0. The number of hydrogen-bond donors (Lipinski definition) is 0. The number of halogens is 1. The fraction of sp³-hybridized carbons (Fsp3) is 0.308. The van der Waals surface area contributed by atoms with Crippen molar-refractivity contribution in [3.8, 4) is 12.3 Å². The molecule has 0 amide bonds. The molecule has 0 aliphatic heterocycles. The van der Waals surface area contributed by atoms with Crippen molar-refractivity contribution in [3.05, 3.63) is 42.8 Å². The van der Waals surface area contributed by atoms with Gasteiger partial charge < -0.3 is 4.55 Å². The average molecular weight is 285 g/mol. The quantitative estimate of drug-likeness (QED) is 0.480. The maximum atomic E-state index is 14.1. The lowest BCUT2D eigenvalue weighted by molar-refractivity contribution is 0.194. The van der Waals surface area contributed by atoms with E-state index >= 15 is 0 Å². The van der Waals surface area contributed by atoms with Gasteiger partial charge in [0.2, 0.25) is 0 Å². The van der Waals surface area contributed by atoms with Gasteiger partial charge in [-0.25, -0.2) is 12.8 Å². The van der Waals surface area contributed by atoms with Crippen molar-refractivity contribution in [2.24, 2.45) is 0 Å². The fourth-order valence-electron chi connectivity index (χ4n) is 2.13. The molecule has 0 spiro atoms. The number of rotatable bonds is 3. The van der Waals surface area contributed by atoms with Crippen LogP contribution in [0.2, 0.25) is 0 Å². The number of nitrogens with zero attached hydrogens (tertiary/aromatic N) is 1. The molecule has 1 aromatic rings. The second-order valence-corrected chi connectivity index (χ2v) is 5.12. The predicted molar refractivity (Wildman–Crippen MR) is 69.4 cm³/mol. The molecular formula is C13H14FNO3S. The van der Waals surface area contributed by atoms with Crippen LogP contribution in [0.3, 0.4) is 0 Å². The molecule has 102 valence electrons. The van der Waals surface area contributed by atoms with Crippen LogP contribution in [0.15, 0.2) is 24.3 Å². The summed E-state index contributed by atoms with van der Waals surface area (Å²) in [6.07, 6.45) is 3.13. The summed E-state index contributed by atoms with van der Waals surface area (Å²) in [5, 5.41) is 0. The van der Waals surface area contributed by atoms with E-state index in [1.165, 1.54) is 6.07 Å². The first kappa shape index (κ1) is 12.5. The first-order valence-corrected chi connectivity index (χ1v) is 6.50. The third-order valence-corrected chi connectivity index (χ3v) is 3.60. The Morgan fingerprint density at radius 3 is 2.79 bits per heavy atom. The van der Waals surface area contributed by atoms with Crippen LogP contribution in [-0.2, 0) is 16.7 Å². The van der Waals surface area contributed by atoms with Gasteiger partial charge in [0.1, 0.15) is 6.17 Å². The molecule has 0 fully saturated rings. The first-order chi connectivity index (χ1) is 9.18. The molecule has 6 heteroatoms. The minimum Gasteiger partial charge on any atom is -0.735 e. The highest BCUT2D eigenvalue weighted by atomic mass is 32.2. The van der Waals surface area contributed by atoms with Crippen molar-refractivity contribution in [2.45, 2.75) is 18.6 Å². The summed E-state index contributed by atoms with van der Waals surface area (Å²) in [5.74, 6) is 1.59. The highest BCUT2D eigenvalue weighted by Crippen LogP contribution is 2.38. The second-order valence-electron chi connectivity index (χ2n) is 3.87. The van der Waals surface area contributed by atoms with E-state index in [-0.39, 0.29) is 23.7 Å². The molecule has 1 aliphatic carbocycles. The lowest BCUT2D eigenvalue weighted by Crippen LogP contribution is -2.37. The second kappa shape index (κ2) is 5.61. The van der Waals surface area contributed by atoms with Crippen LogP contribution < -0.4 is 0 Å². The van der Waals surface area contributed by atoms with Gasteiger partial charge in [-0.1, -0.05) is 30.2 Å². The lowest BCUT2D eigenvalue weighted by Gasteiger charge is -2.30. The molecule has 1 aliphatic rings. The van der Waals surface area contributed by atoms with Gasteiger partial charge in [0.25, 0.3) is 0 Å². The molecule has 19 heavy (non-hydrogen) atoms. The van der Waals surface area contributed by atoms with Crippen molar-refractivity contribution in [2.75, 3.05) is 6.50 Å². The molecule has 0 saturated heterocycles. The van der Waals surface area contributed by atoms with Gasteiger partial charge in [0.05, 0.1) is 15.3 Å². The summed E-state index contributed by atoms with van der Waals surface area (Å²) in [7, 11) is -5.27. The van der Waals surface area contributed by atoms with Crippen molar-refractivity contribution >= 4 is 10.3 Å². The van der Waals surface area contributed by atoms with E-state index in [4.69, 9.17) is 9.16 Å². The maximum absolute atomic E-state index is 14.1. The minimum atomic E-state index is -5.27. The number of terminal acetylenes is 1. The number of hydrogen-bond acceptors (Lipinski definition) is 3. The van der Waals surface area contributed by atoms with Crippen molar-refractivity contribution in [1.82, 2.24) is 4.31 Å². The van der Waals surface area contributed by atoms with Crippen LogP contribution >= 0.6 is 0 Å². The summed E-state index contributed by atoms with van der Waals surface area (Å²) < 4.78 is 63.1. The third kappa shape index (κ3) is 2.89. The smallest absolute Gasteiger partial charge is 0.163 e. The summed E-state index contributed by atoms with van der Waals surface area (Å²) >= 11 is 0. The molecule has 0 saturated carbocycles. The van der Waals surface area contributed by atoms with Crippen LogP contribution in [0.1, 0.15) is 19.9 Å². The van der Waals surface area contributed by atoms with E-state index < -0.39 is 29.0 Å². The van der Waals surface area contributed by atoms with E-state index in [1.54, 1.807) is 24.1 Å². The number of alkyl halides is 1. The highest BCUT2D eigenvalue weighted by molar-refractivity contribution is 7.83. The van der Waals surface area contributed by atoms with E-state index in [1.807, 2.05) is 0 Å². The van der Waals surface area contributed by atoms with E-state index in [9.17, 15) is 17.4 Å². The summed E-state index contributed by atoms with van der Waals surface area (Å²) in [5.41, 5.74) is 0.796. The summed E-state index contributed by atoms with van der Waals surface area (Å²) in [6.45, 7) is -2.90. The Kier molecular flexibility index (Phi) is 3.69. The molecule has 0 N–H and O–H groups in total. The number of benzene rings is 1. The van der Waals surface area contributed by atoms with Gasteiger partial charge in [0.15, 0.2) is 10.3 Å². The Morgan fingerprint density at radius 1 is 1.58 bits per heavy atom. The third-order valence-electron chi connectivity index (χ3n) is 2.80. The van der Waals surface area contributed by atoms with E-state index in [0.717, 1.165) is 0 Å². The molecular weight excluding hydrogens is 269 g/mol. The Labute approximate surface area is 115 Å². The van der Waals surface area contributed by atoms with E-state index in [0.29, 0.717) is 5.56 Å². The predicted octanol–water partition coefficient (Wildman–Crippen LogP) is 1.47. The van der Waals surface area contributed by atoms with Crippen LogP contribution in [0, 0.1) is 19.8 Å². The Morgan fingerprint density at radius 2 is 2.21 bits per heavy atom. The summed E-state index contributed by atoms with van der Waals surface area (Å²) in [6, 6.07) is 4.73. The van der Waals surface area contributed by atoms with Crippen molar-refractivity contribution in [3.63, 3.8) is 0 Å². The highest BCUT2D eigenvalue weighted by Gasteiger charge is 2.38. The normalized spacial score (nSPS) is 23.9. The molecule has 0 radical (unpaired) electrons. The fourth-order valence-corrected chi connectivity index (χ4v) is 2.81. The Hall–Kier alpha value is -1.55. The number of fused-ring (bicyclic) bond motifs is 1. The van der Waals surface area contributed by atoms with Crippen LogP contribution in [0.25, 0.3) is 0 Å². The zero-order valence-corrected chi connectivity index (χ0v) is 11.0. The molecule has 0 bridgehead atoms. The van der Waals surface area contributed by atoms with Gasteiger partial charge in [-0.3, -0.25) is 0 Å². The van der Waals surface area contributed by atoms with Crippen LogP contribution in [0.4, 0.5) is 4.39 Å².